The van der Waals surface area contributed by atoms with Gasteiger partial charge in [0.05, 0.1) is 17.6 Å². The fourth-order valence-electron chi connectivity index (χ4n) is 3.62. The number of carbonyl (C=O) groups is 2. The number of urea groups is 1. The Morgan fingerprint density at radius 2 is 1.64 bits per heavy atom. The van der Waals surface area contributed by atoms with Crippen molar-refractivity contribution >= 4 is 33.3 Å². The van der Waals surface area contributed by atoms with Gasteiger partial charge in [0.2, 0.25) is 15.9 Å². The second-order valence-corrected chi connectivity index (χ2v) is 9.21. The predicted molar refractivity (Wildman–Crippen MR) is 108 cm³/mol. The molecule has 0 atom stereocenters. The van der Waals surface area contributed by atoms with E-state index in [1.165, 1.54) is 17.0 Å². The number of benzene rings is 1. The first-order valence-corrected chi connectivity index (χ1v) is 11.3. The maximum atomic E-state index is 12.8. The number of nitrogens with zero attached hydrogens (tertiary/aromatic N) is 3. The summed E-state index contributed by atoms with van der Waals surface area (Å²) in [6.45, 7) is 2.96. The number of hydrogen-bond donors (Lipinski definition) is 2. The Morgan fingerprint density at radius 3 is 2.21 bits per heavy atom. The van der Waals surface area contributed by atoms with Gasteiger partial charge in [-0.2, -0.15) is 4.31 Å². The second kappa shape index (κ2) is 8.36. The summed E-state index contributed by atoms with van der Waals surface area (Å²) in [4.78, 5) is 28.1. The zero-order valence-corrected chi connectivity index (χ0v) is 16.9. The minimum Gasteiger partial charge on any atom is -0.370 e. The van der Waals surface area contributed by atoms with E-state index in [9.17, 15) is 18.0 Å². The second-order valence-electron chi connectivity index (χ2n) is 7.22. The third-order valence-electron chi connectivity index (χ3n) is 5.21. The van der Waals surface area contributed by atoms with Crippen LogP contribution >= 0.6 is 0 Å². The summed E-state index contributed by atoms with van der Waals surface area (Å²) in [5.41, 5.74) is 7.15. The first kappa shape index (κ1) is 20.4. The van der Waals surface area contributed by atoms with Crippen LogP contribution < -0.4 is 16.0 Å². The van der Waals surface area contributed by atoms with Crippen molar-refractivity contribution in [2.45, 2.75) is 19.3 Å². The molecule has 154 valence electrons. The summed E-state index contributed by atoms with van der Waals surface area (Å²) >= 11 is 0. The molecule has 3 N–H and O–H groups in total. The number of rotatable bonds is 4. The highest BCUT2D eigenvalue weighted by molar-refractivity contribution is 7.88. The fourth-order valence-corrected chi connectivity index (χ4v) is 4.44. The molecule has 2 fully saturated rings. The van der Waals surface area contributed by atoms with Gasteiger partial charge in [-0.1, -0.05) is 0 Å². The monoisotopic (exact) mass is 409 g/mol. The highest BCUT2D eigenvalue weighted by Gasteiger charge is 2.27. The predicted octanol–water partition coefficient (Wildman–Crippen LogP) is 0.885. The molecule has 10 heteroatoms. The van der Waals surface area contributed by atoms with Gasteiger partial charge in [0.1, 0.15) is 0 Å². The fraction of sp³-hybridized carbons (Fsp3) is 0.556. The molecular formula is C18H27N5O4S. The van der Waals surface area contributed by atoms with Gasteiger partial charge in [-0.15, -0.1) is 0 Å². The van der Waals surface area contributed by atoms with Gasteiger partial charge in [0.15, 0.2) is 0 Å². The number of primary amides is 1. The highest BCUT2D eigenvalue weighted by atomic mass is 32.2. The van der Waals surface area contributed by atoms with Crippen molar-refractivity contribution in [1.29, 1.82) is 0 Å². The average Bonchev–Trinajstić information content (AvgIpc) is 2.68. The van der Waals surface area contributed by atoms with Crippen LogP contribution in [0.4, 0.5) is 16.2 Å². The Bertz CT molecular complexity index is 844. The lowest BCUT2D eigenvalue weighted by Gasteiger charge is -2.34. The number of anilines is 2. The van der Waals surface area contributed by atoms with Gasteiger partial charge in [0.25, 0.3) is 0 Å². The van der Waals surface area contributed by atoms with E-state index in [4.69, 9.17) is 5.73 Å². The summed E-state index contributed by atoms with van der Waals surface area (Å²) in [6.07, 6.45) is 4.52. The molecule has 0 bridgehead atoms. The van der Waals surface area contributed by atoms with Gasteiger partial charge < -0.3 is 20.9 Å². The van der Waals surface area contributed by atoms with Crippen LogP contribution in [-0.2, 0) is 10.0 Å². The van der Waals surface area contributed by atoms with Crippen molar-refractivity contribution in [3.63, 3.8) is 0 Å². The van der Waals surface area contributed by atoms with E-state index in [0.29, 0.717) is 24.3 Å². The van der Waals surface area contributed by atoms with Crippen LogP contribution in [0.3, 0.4) is 0 Å². The summed E-state index contributed by atoms with van der Waals surface area (Å²) in [6, 6.07) is 4.79. The maximum Gasteiger partial charge on any atom is 0.321 e. The van der Waals surface area contributed by atoms with Crippen LogP contribution in [-0.4, -0.2) is 75.1 Å². The molecule has 0 aliphatic carbocycles. The van der Waals surface area contributed by atoms with E-state index >= 15 is 0 Å². The molecular weight excluding hydrogens is 382 g/mol. The third-order valence-corrected chi connectivity index (χ3v) is 6.52. The number of nitrogens with two attached hydrogens (primary N) is 1. The van der Waals surface area contributed by atoms with Gasteiger partial charge in [-0.3, -0.25) is 4.79 Å². The van der Waals surface area contributed by atoms with E-state index in [1.54, 1.807) is 17.0 Å². The number of hydrogen-bond acceptors (Lipinski definition) is 5. The molecule has 0 aromatic heterocycles. The standard InChI is InChI=1S/C18H27N5O4S/c1-28(26,27)23-11-9-22(10-12-23)18(25)20-15-13-14(17(19)24)5-6-16(15)21-7-3-2-4-8-21/h5-6,13H,2-4,7-12H2,1H3,(H2,19,24)(H,20,25). The molecule has 2 heterocycles. The Balaban J connectivity index is 1.75. The molecule has 1 aromatic rings. The van der Waals surface area contributed by atoms with Crippen molar-refractivity contribution in [2.75, 3.05) is 55.7 Å². The summed E-state index contributed by atoms with van der Waals surface area (Å²) in [5, 5.41) is 2.90. The molecule has 0 saturated carbocycles. The zero-order valence-electron chi connectivity index (χ0n) is 16.1. The van der Waals surface area contributed by atoms with Gasteiger partial charge in [-0.05, 0) is 37.5 Å². The lowest BCUT2D eigenvalue weighted by molar-refractivity contribution is 0.1000. The van der Waals surface area contributed by atoms with Crippen LogP contribution in [0.15, 0.2) is 18.2 Å². The normalized spacial score (nSPS) is 18.8. The van der Waals surface area contributed by atoms with Gasteiger partial charge >= 0.3 is 6.03 Å². The smallest absolute Gasteiger partial charge is 0.321 e. The van der Waals surface area contributed by atoms with Crippen LogP contribution in [0.25, 0.3) is 0 Å². The van der Waals surface area contributed by atoms with E-state index in [1.807, 2.05) is 6.07 Å². The molecule has 2 aliphatic heterocycles. The Hall–Kier alpha value is -2.33. The van der Waals surface area contributed by atoms with Crippen molar-refractivity contribution in [3.05, 3.63) is 23.8 Å². The number of nitrogens with one attached hydrogen (secondary N) is 1. The molecule has 0 unspecified atom stereocenters. The number of carbonyl (C=O) groups excluding carboxylic acids is 2. The van der Waals surface area contributed by atoms with Crippen molar-refractivity contribution in [1.82, 2.24) is 9.21 Å². The van der Waals surface area contributed by atoms with Crippen LogP contribution in [0.1, 0.15) is 29.6 Å². The highest BCUT2D eigenvalue weighted by Crippen LogP contribution is 2.30. The Labute approximate surface area is 165 Å². The largest absolute Gasteiger partial charge is 0.370 e. The zero-order chi connectivity index (χ0) is 20.3. The van der Waals surface area contributed by atoms with Gasteiger partial charge in [0, 0.05) is 44.8 Å². The molecule has 28 heavy (non-hydrogen) atoms. The molecule has 9 nitrogen and oxygen atoms in total. The molecule has 0 radical (unpaired) electrons. The van der Waals surface area contributed by atoms with E-state index in [2.05, 4.69) is 10.2 Å². The molecule has 3 amide bonds. The molecule has 3 rings (SSSR count). The molecule has 2 saturated heterocycles. The third kappa shape index (κ3) is 4.74. The van der Waals surface area contributed by atoms with E-state index < -0.39 is 15.9 Å². The minimum atomic E-state index is -3.25. The SMILES string of the molecule is CS(=O)(=O)N1CCN(C(=O)Nc2cc(C(N)=O)ccc2N2CCCCC2)CC1. The summed E-state index contributed by atoms with van der Waals surface area (Å²) in [7, 11) is -3.25. The lowest BCUT2D eigenvalue weighted by Crippen LogP contribution is -2.51. The minimum absolute atomic E-state index is 0.270. The van der Waals surface area contributed by atoms with Gasteiger partial charge in [-0.25, -0.2) is 13.2 Å². The number of amides is 3. The number of sulfonamides is 1. The van der Waals surface area contributed by atoms with E-state index in [0.717, 1.165) is 31.6 Å². The first-order chi connectivity index (χ1) is 13.3. The number of piperidine rings is 1. The van der Waals surface area contributed by atoms with Crippen molar-refractivity contribution in [3.8, 4) is 0 Å². The quantitative estimate of drug-likeness (QED) is 0.766. The van der Waals surface area contributed by atoms with Crippen LogP contribution in [0.5, 0.6) is 0 Å². The number of piperazine rings is 1. The lowest BCUT2D eigenvalue weighted by atomic mass is 10.1. The average molecular weight is 410 g/mol. The maximum absolute atomic E-state index is 12.8. The Kier molecular flexibility index (Phi) is 6.09. The van der Waals surface area contributed by atoms with E-state index in [-0.39, 0.29) is 19.1 Å². The molecule has 2 aliphatic rings. The topological polar surface area (TPSA) is 116 Å². The Morgan fingerprint density at radius 1 is 1.00 bits per heavy atom. The molecule has 0 spiro atoms. The van der Waals surface area contributed by atoms with Crippen LogP contribution in [0.2, 0.25) is 0 Å². The van der Waals surface area contributed by atoms with Crippen LogP contribution in [0, 0.1) is 0 Å². The molecule has 1 aromatic carbocycles. The van der Waals surface area contributed by atoms with Crippen molar-refractivity contribution < 1.29 is 18.0 Å². The van der Waals surface area contributed by atoms with Crippen molar-refractivity contribution in [2.24, 2.45) is 5.73 Å². The summed E-state index contributed by atoms with van der Waals surface area (Å²) in [5.74, 6) is -0.553. The first-order valence-electron chi connectivity index (χ1n) is 9.45. The summed E-state index contributed by atoms with van der Waals surface area (Å²) < 4.78 is 24.6.